The molecule has 2 heterocycles. The average Bonchev–Trinajstić information content (AvgIpc) is 2.86. The Hall–Kier alpha value is -1.96. The topological polar surface area (TPSA) is 58.4 Å². The van der Waals surface area contributed by atoms with Crippen molar-refractivity contribution in [3.05, 3.63) is 59.5 Å². The lowest BCUT2D eigenvalue weighted by Crippen LogP contribution is -2.34. The number of benzene rings is 1. The van der Waals surface area contributed by atoms with Crippen LogP contribution in [0.2, 0.25) is 0 Å². The standard InChI is InChI=1S/C18H24N4O2S/c1-20-12-9-19-18(20)16-21-10-5-11-22(14-13-21)25(23,24)15-8-17-6-3-2-4-7-17/h2-4,6-9,12,15H,5,10-11,13-14,16H2,1H3/b15-8+. The predicted octanol–water partition coefficient (Wildman–Crippen LogP) is 1.93. The van der Waals surface area contributed by atoms with Gasteiger partial charge < -0.3 is 4.57 Å². The van der Waals surface area contributed by atoms with Gasteiger partial charge in [0, 0.05) is 44.5 Å². The molecule has 1 aromatic heterocycles. The second kappa shape index (κ2) is 7.95. The zero-order chi connectivity index (χ0) is 17.7. The van der Waals surface area contributed by atoms with Crippen molar-refractivity contribution in [2.75, 3.05) is 26.2 Å². The van der Waals surface area contributed by atoms with Crippen LogP contribution in [0, 0.1) is 0 Å². The van der Waals surface area contributed by atoms with E-state index in [-0.39, 0.29) is 0 Å². The average molecular weight is 360 g/mol. The minimum Gasteiger partial charge on any atom is -0.337 e. The van der Waals surface area contributed by atoms with Crippen molar-refractivity contribution in [2.24, 2.45) is 7.05 Å². The highest BCUT2D eigenvalue weighted by Gasteiger charge is 2.23. The van der Waals surface area contributed by atoms with Crippen LogP contribution in [0.5, 0.6) is 0 Å². The van der Waals surface area contributed by atoms with Gasteiger partial charge in [-0.25, -0.2) is 13.4 Å². The number of imidazole rings is 1. The lowest BCUT2D eigenvalue weighted by molar-refractivity contribution is 0.269. The number of hydrogen-bond donors (Lipinski definition) is 0. The van der Waals surface area contributed by atoms with E-state index in [0.717, 1.165) is 30.9 Å². The van der Waals surface area contributed by atoms with Crippen molar-refractivity contribution in [3.8, 4) is 0 Å². The molecule has 0 saturated carbocycles. The fraction of sp³-hybridized carbons (Fsp3) is 0.389. The van der Waals surface area contributed by atoms with Crippen LogP contribution in [0.3, 0.4) is 0 Å². The third kappa shape index (κ3) is 4.78. The minimum atomic E-state index is -3.39. The molecule has 0 unspecified atom stereocenters. The smallest absolute Gasteiger partial charge is 0.236 e. The molecule has 1 saturated heterocycles. The fourth-order valence-corrected chi connectivity index (χ4v) is 4.14. The zero-order valence-corrected chi connectivity index (χ0v) is 15.3. The molecule has 25 heavy (non-hydrogen) atoms. The third-order valence-electron chi connectivity index (χ3n) is 4.43. The first-order chi connectivity index (χ1) is 12.0. The largest absolute Gasteiger partial charge is 0.337 e. The van der Waals surface area contributed by atoms with E-state index in [1.165, 1.54) is 5.41 Å². The summed E-state index contributed by atoms with van der Waals surface area (Å²) >= 11 is 0. The molecule has 6 nitrogen and oxygen atoms in total. The van der Waals surface area contributed by atoms with E-state index in [4.69, 9.17) is 0 Å². The Kier molecular flexibility index (Phi) is 5.67. The molecule has 1 aliphatic rings. The van der Waals surface area contributed by atoms with E-state index in [1.807, 2.05) is 48.1 Å². The van der Waals surface area contributed by atoms with Gasteiger partial charge in [0.25, 0.3) is 0 Å². The Bertz CT molecular complexity index is 815. The van der Waals surface area contributed by atoms with Crippen molar-refractivity contribution in [1.82, 2.24) is 18.8 Å². The second-order valence-corrected chi connectivity index (χ2v) is 8.06. The maximum absolute atomic E-state index is 12.6. The van der Waals surface area contributed by atoms with E-state index in [2.05, 4.69) is 9.88 Å². The molecule has 3 rings (SSSR count). The number of nitrogens with zero attached hydrogens (tertiary/aromatic N) is 4. The van der Waals surface area contributed by atoms with E-state index in [9.17, 15) is 8.42 Å². The van der Waals surface area contributed by atoms with Gasteiger partial charge in [-0.2, -0.15) is 4.31 Å². The molecule has 0 aliphatic carbocycles. The summed E-state index contributed by atoms with van der Waals surface area (Å²) in [7, 11) is -1.42. The van der Waals surface area contributed by atoms with Crippen LogP contribution in [0.4, 0.5) is 0 Å². The van der Waals surface area contributed by atoms with Crippen LogP contribution >= 0.6 is 0 Å². The highest BCUT2D eigenvalue weighted by molar-refractivity contribution is 7.92. The van der Waals surface area contributed by atoms with Gasteiger partial charge >= 0.3 is 0 Å². The number of sulfonamides is 1. The van der Waals surface area contributed by atoms with E-state index < -0.39 is 10.0 Å². The van der Waals surface area contributed by atoms with Gasteiger partial charge in [0.2, 0.25) is 10.0 Å². The normalized spacial score (nSPS) is 17.8. The summed E-state index contributed by atoms with van der Waals surface area (Å²) in [6.45, 7) is 3.40. The molecular weight excluding hydrogens is 336 g/mol. The van der Waals surface area contributed by atoms with Gasteiger partial charge in [-0.3, -0.25) is 4.90 Å². The van der Waals surface area contributed by atoms with Gasteiger partial charge in [0.05, 0.1) is 6.54 Å². The van der Waals surface area contributed by atoms with Crippen LogP contribution in [0.15, 0.2) is 48.1 Å². The first-order valence-electron chi connectivity index (χ1n) is 8.46. The first kappa shape index (κ1) is 17.8. The molecule has 0 atom stereocenters. The summed E-state index contributed by atoms with van der Waals surface area (Å²) < 4.78 is 28.8. The molecule has 0 N–H and O–H groups in total. The first-order valence-corrected chi connectivity index (χ1v) is 9.97. The van der Waals surface area contributed by atoms with E-state index >= 15 is 0 Å². The van der Waals surface area contributed by atoms with Gasteiger partial charge in [-0.1, -0.05) is 30.3 Å². The molecule has 7 heteroatoms. The number of rotatable bonds is 5. The van der Waals surface area contributed by atoms with Crippen molar-refractivity contribution in [2.45, 2.75) is 13.0 Å². The van der Waals surface area contributed by atoms with Crippen LogP contribution in [0.25, 0.3) is 6.08 Å². The molecule has 0 amide bonds. The molecule has 134 valence electrons. The highest BCUT2D eigenvalue weighted by Crippen LogP contribution is 2.13. The number of hydrogen-bond acceptors (Lipinski definition) is 4. The third-order valence-corrected chi connectivity index (χ3v) is 5.99. The Balaban J connectivity index is 1.62. The van der Waals surface area contributed by atoms with Gasteiger partial charge in [0.15, 0.2) is 0 Å². The predicted molar refractivity (Wildman–Crippen MR) is 99.1 cm³/mol. The van der Waals surface area contributed by atoms with Crippen LogP contribution < -0.4 is 0 Å². The van der Waals surface area contributed by atoms with Gasteiger partial charge in [0.1, 0.15) is 5.82 Å². The monoisotopic (exact) mass is 360 g/mol. The molecule has 0 bridgehead atoms. The number of aryl methyl sites for hydroxylation is 1. The Morgan fingerprint density at radius 2 is 1.92 bits per heavy atom. The lowest BCUT2D eigenvalue weighted by atomic mass is 10.2. The summed E-state index contributed by atoms with van der Waals surface area (Å²) in [4.78, 5) is 6.61. The summed E-state index contributed by atoms with van der Waals surface area (Å²) in [5, 5.41) is 1.32. The molecule has 0 spiro atoms. The lowest BCUT2D eigenvalue weighted by Gasteiger charge is -2.20. The molecule has 1 aromatic carbocycles. The van der Waals surface area contributed by atoms with Crippen LogP contribution in [-0.4, -0.2) is 53.4 Å². The van der Waals surface area contributed by atoms with Gasteiger partial charge in [-0.15, -0.1) is 0 Å². The second-order valence-electron chi connectivity index (χ2n) is 6.24. The Morgan fingerprint density at radius 3 is 2.64 bits per heavy atom. The minimum absolute atomic E-state index is 0.506. The quantitative estimate of drug-likeness (QED) is 0.817. The van der Waals surface area contributed by atoms with Gasteiger partial charge in [-0.05, 0) is 24.6 Å². The highest BCUT2D eigenvalue weighted by atomic mass is 32.2. The maximum atomic E-state index is 12.6. The maximum Gasteiger partial charge on any atom is 0.236 e. The SMILES string of the molecule is Cn1ccnc1CN1CCCN(S(=O)(=O)/C=C/c2ccccc2)CC1. The Morgan fingerprint density at radius 1 is 1.12 bits per heavy atom. The zero-order valence-electron chi connectivity index (χ0n) is 14.5. The molecule has 2 aromatic rings. The summed E-state index contributed by atoms with van der Waals surface area (Å²) in [5.74, 6) is 1.00. The summed E-state index contributed by atoms with van der Waals surface area (Å²) in [6.07, 6.45) is 6.20. The number of aromatic nitrogens is 2. The summed E-state index contributed by atoms with van der Waals surface area (Å²) in [5.41, 5.74) is 0.886. The molecule has 1 fully saturated rings. The fourth-order valence-electron chi connectivity index (χ4n) is 2.92. The molecular formula is C18H24N4O2S. The van der Waals surface area contributed by atoms with E-state index in [0.29, 0.717) is 19.6 Å². The van der Waals surface area contributed by atoms with Crippen molar-refractivity contribution < 1.29 is 8.42 Å². The summed E-state index contributed by atoms with van der Waals surface area (Å²) in [6, 6.07) is 9.49. The van der Waals surface area contributed by atoms with Crippen LogP contribution in [0.1, 0.15) is 17.8 Å². The Labute approximate surface area is 149 Å². The molecule has 1 aliphatic heterocycles. The van der Waals surface area contributed by atoms with Crippen molar-refractivity contribution in [1.29, 1.82) is 0 Å². The van der Waals surface area contributed by atoms with Crippen LogP contribution in [-0.2, 0) is 23.6 Å². The van der Waals surface area contributed by atoms with Crippen molar-refractivity contribution in [3.63, 3.8) is 0 Å². The van der Waals surface area contributed by atoms with E-state index in [1.54, 1.807) is 16.6 Å². The molecule has 0 radical (unpaired) electrons. The van der Waals surface area contributed by atoms with Crippen molar-refractivity contribution >= 4 is 16.1 Å².